The summed E-state index contributed by atoms with van der Waals surface area (Å²) in [6.45, 7) is 5.53. The van der Waals surface area contributed by atoms with Gasteiger partial charge in [-0.05, 0) is 23.0 Å². The molecule has 2 aromatic rings. The first-order valence-electron chi connectivity index (χ1n) is 9.59. The Kier molecular flexibility index (Phi) is 5.76. The highest BCUT2D eigenvalue weighted by Crippen LogP contribution is 2.28. The van der Waals surface area contributed by atoms with Crippen LogP contribution < -0.4 is 5.73 Å². The number of amides is 1. The maximum atomic E-state index is 12.5. The van der Waals surface area contributed by atoms with Gasteiger partial charge in [0.1, 0.15) is 0 Å². The van der Waals surface area contributed by atoms with Crippen molar-refractivity contribution in [3.05, 3.63) is 60.2 Å². The summed E-state index contributed by atoms with van der Waals surface area (Å²) in [4.78, 5) is 26.8. The summed E-state index contributed by atoms with van der Waals surface area (Å²) in [7, 11) is 0. The van der Waals surface area contributed by atoms with E-state index < -0.39 is 0 Å². The number of hydrogen-bond donors (Lipinski definition) is 1. The van der Waals surface area contributed by atoms with Crippen molar-refractivity contribution < 1.29 is 9.59 Å². The third-order valence-corrected chi connectivity index (χ3v) is 5.54. The normalized spacial score (nSPS) is 18.9. The van der Waals surface area contributed by atoms with Crippen LogP contribution in [0.2, 0.25) is 0 Å². The lowest BCUT2D eigenvalue weighted by molar-refractivity contribution is -0.134. The predicted molar refractivity (Wildman–Crippen MR) is 108 cm³/mol. The van der Waals surface area contributed by atoms with Crippen molar-refractivity contribution in [3.63, 3.8) is 0 Å². The predicted octanol–water partition coefficient (Wildman–Crippen LogP) is 3.90. The van der Waals surface area contributed by atoms with Crippen LogP contribution in [0.4, 0.5) is 0 Å². The number of benzene rings is 2. The molecular weight excluding hydrogens is 336 g/mol. The van der Waals surface area contributed by atoms with Crippen LogP contribution in [-0.4, -0.2) is 35.7 Å². The molecule has 1 atom stereocenters. The topological polar surface area (TPSA) is 63.4 Å². The molecule has 4 nitrogen and oxygen atoms in total. The number of hydrogen-bond acceptors (Lipinski definition) is 3. The molecule has 1 heterocycles. The van der Waals surface area contributed by atoms with Crippen LogP contribution in [0.25, 0.3) is 11.1 Å². The van der Waals surface area contributed by atoms with E-state index in [0.29, 0.717) is 18.7 Å². The highest BCUT2D eigenvalue weighted by molar-refractivity contribution is 5.98. The number of Topliss-reactive ketones (excluding diaryl/α,β-unsaturated/α-hetero) is 1. The summed E-state index contributed by atoms with van der Waals surface area (Å²) < 4.78 is 0. The Bertz CT molecular complexity index is 797. The van der Waals surface area contributed by atoms with Crippen molar-refractivity contribution in [1.29, 1.82) is 0 Å². The van der Waals surface area contributed by atoms with E-state index in [1.54, 1.807) is 0 Å². The van der Waals surface area contributed by atoms with Gasteiger partial charge in [-0.2, -0.15) is 0 Å². The first-order chi connectivity index (χ1) is 12.9. The van der Waals surface area contributed by atoms with E-state index in [9.17, 15) is 9.59 Å². The minimum Gasteiger partial charge on any atom is -0.342 e. The molecule has 2 N–H and O–H groups in total. The average Bonchev–Trinajstić information content (AvgIpc) is 2.68. The van der Waals surface area contributed by atoms with Crippen LogP contribution in [0.3, 0.4) is 0 Å². The van der Waals surface area contributed by atoms with Gasteiger partial charge >= 0.3 is 0 Å². The highest BCUT2D eigenvalue weighted by atomic mass is 16.2. The molecule has 1 unspecified atom stereocenters. The summed E-state index contributed by atoms with van der Waals surface area (Å²) in [5.41, 5.74) is 8.91. The van der Waals surface area contributed by atoms with Crippen molar-refractivity contribution in [3.8, 4) is 11.1 Å². The van der Waals surface area contributed by atoms with E-state index in [0.717, 1.165) is 17.5 Å². The van der Waals surface area contributed by atoms with Gasteiger partial charge in [0.2, 0.25) is 5.91 Å². The monoisotopic (exact) mass is 364 g/mol. The third-order valence-electron chi connectivity index (χ3n) is 5.54. The average molecular weight is 364 g/mol. The van der Waals surface area contributed by atoms with Crippen molar-refractivity contribution in [2.75, 3.05) is 13.1 Å². The molecule has 0 aromatic heterocycles. The SMILES string of the molecule is CC1(C)CN(C(=O)CCC(=O)c2ccc(-c3ccccc3)cc2)CCC1N. The molecule has 2 aromatic carbocycles. The zero-order valence-electron chi connectivity index (χ0n) is 16.2. The number of carbonyl (C=O) groups is 2. The molecule has 1 fully saturated rings. The lowest BCUT2D eigenvalue weighted by Gasteiger charge is -2.42. The van der Waals surface area contributed by atoms with E-state index in [2.05, 4.69) is 13.8 Å². The number of likely N-dealkylation sites (tertiary alicyclic amines) is 1. The Hall–Kier alpha value is -2.46. The third kappa shape index (κ3) is 4.64. The van der Waals surface area contributed by atoms with Gasteiger partial charge in [-0.3, -0.25) is 9.59 Å². The zero-order valence-corrected chi connectivity index (χ0v) is 16.2. The molecule has 1 amide bonds. The van der Waals surface area contributed by atoms with Crippen molar-refractivity contribution in [2.45, 2.75) is 39.2 Å². The van der Waals surface area contributed by atoms with E-state index in [-0.39, 0.29) is 36.0 Å². The molecule has 1 aliphatic rings. The molecular formula is C23H28N2O2. The summed E-state index contributed by atoms with van der Waals surface area (Å²) in [5.74, 6) is 0.0557. The van der Waals surface area contributed by atoms with Gasteiger partial charge in [0.05, 0.1) is 0 Å². The lowest BCUT2D eigenvalue weighted by Crippen LogP contribution is -2.54. The molecule has 4 heteroatoms. The van der Waals surface area contributed by atoms with Crippen molar-refractivity contribution in [1.82, 2.24) is 4.90 Å². The quantitative estimate of drug-likeness (QED) is 0.819. The van der Waals surface area contributed by atoms with E-state index in [1.807, 2.05) is 59.5 Å². The van der Waals surface area contributed by atoms with Crippen molar-refractivity contribution in [2.24, 2.45) is 11.1 Å². The number of nitrogens with zero attached hydrogens (tertiary/aromatic N) is 1. The van der Waals surface area contributed by atoms with E-state index in [4.69, 9.17) is 5.73 Å². The molecule has 1 saturated heterocycles. The van der Waals surface area contributed by atoms with Crippen LogP contribution in [0.15, 0.2) is 54.6 Å². The van der Waals surface area contributed by atoms with Crippen LogP contribution in [0, 0.1) is 5.41 Å². The van der Waals surface area contributed by atoms with E-state index >= 15 is 0 Å². The number of carbonyl (C=O) groups excluding carboxylic acids is 2. The lowest BCUT2D eigenvalue weighted by atomic mass is 9.79. The molecule has 1 aliphatic heterocycles. The van der Waals surface area contributed by atoms with Gasteiger partial charge in [-0.15, -0.1) is 0 Å². The van der Waals surface area contributed by atoms with Crippen LogP contribution in [0.1, 0.15) is 43.5 Å². The Balaban J connectivity index is 1.55. The van der Waals surface area contributed by atoms with Gasteiger partial charge in [0.15, 0.2) is 5.78 Å². The summed E-state index contributed by atoms with van der Waals surface area (Å²) >= 11 is 0. The fourth-order valence-corrected chi connectivity index (χ4v) is 3.59. The molecule has 27 heavy (non-hydrogen) atoms. The molecule has 0 saturated carbocycles. The number of nitrogens with two attached hydrogens (primary N) is 1. The largest absolute Gasteiger partial charge is 0.342 e. The Labute approximate surface area is 161 Å². The van der Waals surface area contributed by atoms with Crippen LogP contribution in [-0.2, 0) is 4.79 Å². The fraction of sp³-hybridized carbons (Fsp3) is 0.391. The van der Waals surface area contributed by atoms with Gasteiger partial charge in [-0.1, -0.05) is 68.4 Å². The van der Waals surface area contributed by atoms with Gasteiger partial charge < -0.3 is 10.6 Å². The smallest absolute Gasteiger partial charge is 0.223 e. The maximum Gasteiger partial charge on any atom is 0.223 e. The van der Waals surface area contributed by atoms with Crippen molar-refractivity contribution >= 4 is 11.7 Å². The second-order valence-electron chi connectivity index (χ2n) is 8.07. The Morgan fingerprint density at radius 1 is 1.00 bits per heavy atom. The number of ketones is 1. The number of piperidine rings is 1. The molecule has 142 valence electrons. The van der Waals surface area contributed by atoms with Crippen LogP contribution >= 0.6 is 0 Å². The maximum absolute atomic E-state index is 12.5. The Morgan fingerprint density at radius 2 is 1.63 bits per heavy atom. The second-order valence-corrected chi connectivity index (χ2v) is 8.07. The highest BCUT2D eigenvalue weighted by Gasteiger charge is 2.35. The van der Waals surface area contributed by atoms with Gasteiger partial charge in [-0.25, -0.2) is 0 Å². The summed E-state index contributed by atoms with van der Waals surface area (Å²) in [6, 6.07) is 17.8. The number of rotatable bonds is 5. The summed E-state index contributed by atoms with van der Waals surface area (Å²) in [6.07, 6.45) is 1.31. The van der Waals surface area contributed by atoms with E-state index in [1.165, 1.54) is 0 Å². The minimum absolute atomic E-state index is 0.0101. The van der Waals surface area contributed by atoms with Gasteiger partial charge in [0, 0.05) is 37.5 Å². The fourth-order valence-electron chi connectivity index (χ4n) is 3.59. The summed E-state index contributed by atoms with van der Waals surface area (Å²) in [5, 5.41) is 0. The zero-order chi connectivity index (χ0) is 19.4. The standard InChI is InChI=1S/C23H28N2O2/c1-23(2)16-25(15-14-21(23)24)22(27)13-12-20(26)19-10-8-18(9-11-19)17-6-4-3-5-7-17/h3-11,21H,12-16,24H2,1-2H3. The molecule has 0 bridgehead atoms. The second kappa shape index (κ2) is 8.05. The van der Waals surface area contributed by atoms with Crippen LogP contribution in [0.5, 0.6) is 0 Å². The molecule has 0 aliphatic carbocycles. The molecule has 0 radical (unpaired) electrons. The molecule has 0 spiro atoms. The van der Waals surface area contributed by atoms with Gasteiger partial charge in [0.25, 0.3) is 0 Å². The molecule has 3 rings (SSSR count). The first kappa shape index (κ1) is 19.3. The Morgan fingerprint density at radius 3 is 2.26 bits per heavy atom. The minimum atomic E-state index is -0.0782. The first-order valence-corrected chi connectivity index (χ1v) is 9.59.